The molecule has 3 nitrogen and oxygen atoms in total. The van der Waals surface area contributed by atoms with E-state index in [-0.39, 0.29) is 11.8 Å². The molecule has 0 heterocycles. The van der Waals surface area contributed by atoms with E-state index in [0.29, 0.717) is 19.6 Å². The summed E-state index contributed by atoms with van der Waals surface area (Å²) < 4.78 is 5.53. The highest BCUT2D eigenvalue weighted by Gasteiger charge is 2.10. The van der Waals surface area contributed by atoms with Crippen molar-refractivity contribution < 1.29 is 9.53 Å². The SMILES string of the molecule is CC(CC(=O)NCCOc1ccccc1)c1ccccc1. The lowest BCUT2D eigenvalue weighted by molar-refractivity contribution is -0.121. The molecule has 2 aromatic rings. The van der Waals surface area contributed by atoms with Gasteiger partial charge < -0.3 is 10.1 Å². The van der Waals surface area contributed by atoms with Gasteiger partial charge in [0, 0.05) is 6.42 Å². The molecule has 0 aliphatic heterocycles. The van der Waals surface area contributed by atoms with Crippen molar-refractivity contribution in [2.75, 3.05) is 13.2 Å². The van der Waals surface area contributed by atoms with Gasteiger partial charge in [0.05, 0.1) is 6.54 Å². The zero-order valence-corrected chi connectivity index (χ0v) is 12.3. The van der Waals surface area contributed by atoms with Crippen LogP contribution in [0, 0.1) is 0 Å². The number of para-hydroxylation sites is 1. The highest BCUT2D eigenvalue weighted by Crippen LogP contribution is 2.17. The number of ether oxygens (including phenoxy) is 1. The number of carbonyl (C=O) groups is 1. The van der Waals surface area contributed by atoms with Gasteiger partial charge in [0.2, 0.25) is 5.91 Å². The molecule has 0 saturated heterocycles. The fourth-order valence-electron chi connectivity index (χ4n) is 2.13. The third kappa shape index (κ3) is 5.30. The van der Waals surface area contributed by atoms with Crippen LogP contribution in [0.5, 0.6) is 5.75 Å². The number of benzene rings is 2. The monoisotopic (exact) mass is 283 g/mol. The third-order valence-corrected chi connectivity index (χ3v) is 3.30. The number of amides is 1. The molecule has 0 saturated carbocycles. The number of hydrogen-bond donors (Lipinski definition) is 1. The van der Waals surface area contributed by atoms with E-state index in [1.807, 2.05) is 48.5 Å². The van der Waals surface area contributed by atoms with Crippen LogP contribution in [-0.2, 0) is 4.79 Å². The molecule has 0 fully saturated rings. The Hall–Kier alpha value is -2.29. The van der Waals surface area contributed by atoms with Gasteiger partial charge in [0.1, 0.15) is 12.4 Å². The predicted octanol–water partition coefficient (Wildman–Crippen LogP) is 3.38. The van der Waals surface area contributed by atoms with Gasteiger partial charge in [0.25, 0.3) is 0 Å². The summed E-state index contributed by atoms with van der Waals surface area (Å²) in [6, 6.07) is 19.7. The molecule has 1 unspecified atom stereocenters. The van der Waals surface area contributed by atoms with Crippen LogP contribution in [-0.4, -0.2) is 19.1 Å². The minimum absolute atomic E-state index is 0.0583. The molecule has 110 valence electrons. The van der Waals surface area contributed by atoms with Gasteiger partial charge >= 0.3 is 0 Å². The fraction of sp³-hybridized carbons (Fsp3) is 0.278. The maximum Gasteiger partial charge on any atom is 0.220 e. The normalized spacial score (nSPS) is 11.7. The van der Waals surface area contributed by atoms with Crippen LogP contribution in [0.1, 0.15) is 24.8 Å². The summed E-state index contributed by atoms with van der Waals surface area (Å²) in [6.45, 7) is 3.07. The van der Waals surface area contributed by atoms with Crippen molar-refractivity contribution in [1.29, 1.82) is 0 Å². The molecule has 2 rings (SSSR count). The smallest absolute Gasteiger partial charge is 0.220 e. The van der Waals surface area contributed by atoms with Gasteiger partial charge in [-0.25, -0.2) is 0 Å². The van der Waals surface area contributed by atoms with E-state index in [1.165, 1.54) is 5.56 Å². The fourth-order valence-corrected chi connectivity index (χ4v) is 2.13. The average Bonchev–Trinajstić information content (AvgIpc) is 2.53. The summed E-state index contributed by atoms with van der Waals surface area (Å²) in [5.74, 6) is 1.11. The molecule has 0 radical (unpaired) electrons. The van der Waals surface area contributed by atoms with Crippen LogP contribution < -0.4 is 10.1 Å². The molecule has 0 spiro atoms. The highest BCUT2D eigenvalue weighted by atomic mass is 16.5. The van der Waals surface area contributed by atoms with E-state index < -0.39 is 0 Å². The molecule has 1 amide bonds. The molecule has 1 N–H and O–H groups in total. The van der Waals surface area contributed by atoms with Crippen molar-refractivity contribution >= 4 is 5.91 Å². The lowest BCUT2D eigenvalue weighted by atomic mass is 9.98. The maximum absolute atomic E-state index is 11.9. The molecule has 0 bridgehead atoms. The first-order valence-corrected chi connectivity index (χ1v) is 7.25. The zero-order chi connectivity index (χ0) is 14.9. The number of hydrogen-bond acceptors (Lipinski definition) is 2. The predicted molar refractivity (Wildman–Crippen MR) is 84.4 cm³/mol. The summed E-state index contributed by atoms with van der Waals surface area (Å²) >= 11 is 0. The lowest BCUT2D eigenvalue weighted by Crippen LogP contribution is -2.28. The number of carbonyl (C=O) groups excluding carboxylic acids is 1. The first-order valence-electron chi connectivity index (χ1n) is 7.25. The summed E-state index contributed by atoms with van der Waals surface area (Å²) in [5, 5.41) is 2.89. The van der Waals surface area contributed by atoms with E-state index in [4.69, 9.17) is 4.74 Å². The Labute approximate surface area is 126 Å². The number of rotatable bonds is 7. The minimum atomic E-state index is 0.0583. The summed E-state index contributed by atoms with van der Waals surface area (Å²) in [4.78, 5) is 11.9. The Balaban J connectivity index is 1.66. The second-order valence-corrected chi connectivity index (χ2v) is 5.03. The van der Waals surface area contributed by atoms with Crippen LogP contribution in [0.4, 0.5) is 0 Å². The third-order valence-electron chi connectivity index (χ3n) is 3.30. The quantitative estimate of drug-likeness (QED) is 0.791. The van der Waals surface area contributed by atoms with Gasteiger partial charge in [-0.1, -0.05) is 55.5 Å². The summed E-state index contributed by atoms with van der Waals surface area (Å²) in [7, 11) is 0. The van der Waals surface area contributed by atoms with Crippen LogP contribution in [0.15, 0.2) is 60.7 Å². The van der Waals surface area contributed by atoms with Crippen molar-refractivity contribution in [2.24, 2.45) is 0 Å². The van der Waals surface area contributed by atoms with Crippen molar-refractivity contribution in [2.45, 2.75) is 19.3 Å². The van der Waals surface area contributed by atoms with Crippen molar-refractivity contribution in [3.63, 3.8) is 0 Å². The Bertz CT molecular complexity index is 540. The Morgan fingerprint density at radius 1 is 1.05 bits per heavy atom. The van der Waals surface area contributed by atoms with E-state index in [2.05, 4.69) is 24.4 Å². The standard InChI is InChI=1S/C18H21NO2/c1-15(16-8-4-2-5-9-16)14-18(20)19-12-13-21-17-10-6-3-7-11-17/h2-11,15H,12-14H2,1H3,(H,19,20). The van der Waals surface area contributed by atoms with E-state index in [9.17, 15) is 4.79 Å². The van der Waals surface area contributed by atoms with Crippen LogP contribution in [0.3, 0.4) is 0 Å². The van der Waals surface area contributed by atoms with E-state index in [0.717, 1.165) is 5.75 Å². The Morgan fingerprint density at radius 3 is 2.33 bits per heavy atom. The van der Waals surface area contributed by atoms with Crippen molar-refractivity contribution in [3.8, 4) is 5.75 Å². The van der Waals surface area contributed by atoms with Gasteiger partial charge in [-0.05, 0) is 23.6 Å². The Kier molecular flexibility index (Phi) is 5.83. The molecule has 0 aliphatic rings. The number of nitrogens with one attached hydrogen (secondary N) is 1. The minimum Gasteiger partial charge on any atom is -0.492 e. The van der Waals surface area contributed by atoms with E-state index in [1.54, 1.807) is 0 Å². The molecule has 2 aromatic carbocycles. The molecular formula is C18H21NO2. The molecular weight excluding hydrogens is 262 g/mol. The summed E-state index contributed by atoms with van der Waals surface area (Å²) in [6.07, 6.45) is 0.495. The topological polar surface area (TPSA) is 38.3 Å². The van der Waals surface area contributed by atoms with Gasteiger partial charge in [-0.3, -0.25) is 4.79 Å². The van der Waals surface area contributed by atoms with Crippen molar-refractivity contribution in [3.05, 3.63) is 66.2 Å². The van der Waals surface area contributed by atoms with Gasteiger partial charge in [-0.15, -0.1) is 0 Å². The summed E-state index contributed by atoms with van der Waals surface area (Å²) in [5.41, 5.74) is 1.19. The van der Waals surface area contributed by atoms with Gasteiger partial charge in [0.15, 0.2) is 0 Å². The van der Waals surface area contributed by atoms with Crippen LogP contribution in [0.2, 0.25) is 0 Å². The van der Waals surface area contributed by atoms with E-state index >= 15 is 0 Å². The van der Waals surface area contributed by atoms with Crippen molar-refractivity contribution in [1.82, 2.24) is 5.32 Å². The molecule has 21 heavy (non-hydrogen) atoms. The van der Waals surface area contributed by atoms with Crippen LogP contribution >= 0.6 is 0 Å². The Morgan fingerprint density at radius 2 is 1.67 bits per heavy atom. The van der Waals surface area contributed by atoms with Gasteiger partial charge in [-0.2, -0.15) is 0 Å². The zero-order valence-electron chi connectivity index (χ0n) is 12.3. The van der Waals surface area contributed by atoms with Crippen LogP contribution in [0.25, 0.3) is 0 Å². The lowest BCUT2D eigenvalue weighted by Gasteiger charge is -2.12. The molecule has 0 aliphatic carbocycles. The first-order chi connectivity index (χ1) is 10.3. The second kappa shape index (κ2) is 8.10. The molecule has 1 atom stereocenters. The largest absolute Gasteiger partial charge is 0.492 e. The second-order valence-electron chi connectivity index (χ2n) is 5.03. The average molecular weight is 283 g/mol. The molecule has 0 aromatic heterocycles. The molecule has 3 heteroatoms. The highest BCUT2D eigenvalue weighted by molar-refractivity contribution is 5.76. The maximum atomic E-state index is 11.9. The first kappa shape index (κ1) is 15.1.